The van der Waals surface area contributed by atoms with Crippen LogP contribution in [0.4, 0.5) is 0 Å². The van der Waals surface area contributed by atoms with Crippen LogP contribution in [0.2, 0.25) is 0 Å². The number of aromatic nitrogens is 3. The largest absolute Gasteiger partial charge is 0.208 e. The minimum absolute atomic E-state index is 0.336. The minimum Gasteiger partial charge on any atom is -0.208 e. The van der Waals surface area contributed by atoms with Gasteiger partial charge in [0, 0.05) is 22.1 Å². The minimum atomic E-state index is 0.336. The first-order valence-electron chi connectivity index (χ1n) is 18.0. The lowest BCUT2D eigenvalue weighted by atomic mass is 9.48. The summed E-state index contributed by atoms with van der Waals surface area (Å²) >= 11 is 0. The molecular weight excluding hydrogens is 609 g/mol. The third-order valence-electron chi connectivity index (χ3n) is 11.9. The van der Waals surface area contributed by atoms with E-state index in [1.165, 1.54) is 44.1 Å². The number of rotatable bonds is 5. The van der Waals surface area contributed by atoms with E-state index in [2.05, 4.69) is 103 Å². The van der Waals surface area contributed by atoms with Crippen molar-refractivity contribution in [1.82, 2.24) is 15.0 Å². The predicted molar refractivity (Wildman–Crippen MR) is 201 cm³/mol. The van der Waals surface area contributed by atoms with Crippen LogP contribution in [0.1, 0.15) is 49.7 Å². The molecule has 4 heteroatoms. The average molecular weight is 645 g/mol. The van der Waals surface area contributed by atoms with Crippen molar-refractivity contribution >= 4 is 21.5 Å². The molecule has 6 aromatic carbocycles. The molecule has 4 aliphatic rings. The molecule has 7 aromatic rings. The fourth-order valence-electron chi connectivity index (χ4n) is 10.1. The number of hydrogen-bond donors (Lipinski definition) is 0. The molecule has 0 unspecified atom stereocenters. The van der Waals surface area contributed by atoms with Gasteiger partial charge in [0.05, 0.1) is 11.6 Å². The predicted octanol–water partition coefficient (Wildman–Crippen LogP) is 11.2. The molecule has 4 bridgehead atoms. The monoisotopic (exact) mass is 644 g/mol. The van der Waals surface area contributed by atoms with E-state index in [0.29, 0.717) is 28.5 Å². The Morgan fingerprint density at radius 2 is 1.12 bits per heavy atom. The van der Waals surface area contributed by atoms with Gasteiger partial charge in [0.15, 0.2) is 17.5 Å². The molecule has 0 N–H and O–H groups in total. The van der Waals surface area contributed by atoms with Gasteiger partial charge in [-0.05, 0) is 113 Å². The third kappa shape index (κ3) is 4.83. The molecule has 1 aromatic heterocycles. The average Bonchev–Trinajstić information content (AvgIpc) is 3.17. The standard InChI is InChI=1S/C46H36N4/c47-28-37-13-7-15-40-41(24-35-10-4-5-14-39(35)42(37)40)45-49-43(48-44(50-45)36-12-6-11-34(23-36)32-8-2-1-3-9-32)33-16-18-38(19-17-33)46-25-29-20-30(26-46)22-31(21-29)27-46/h1-19,23-24,29-31H,20-22,25-27H2/t29-,30+,31?,46?. The fraction of sp³-hybridized carbons (Fsp3) is 0.217. The second-order valence-electron chi connectivity index (χ2n) is 15.0. The van der Waals surface area contributed by atoms with Crippen LogP contribution < -0.4 is 0 Å². The van der Waals surface area contributed by atoms with Gasteiger partial charge in [-0.1, -0.05) is 109 Å². The maximum absolute atomic E-state index is 10.2. The smallest absolute Gasteiger partial charge is 0.164 e. The maximum Gasteiger partial charge on any atom is 0.164 e. The zero-order chi connectivity index (χ0) is 33.2. The second-order valence-corrected chi connectivity index (χ2v) is 15.0. The Hall–Kier alpha value is -5.66. The zero-order valence-corrected chi connectivity index (χ0v) is 27.9. The number of nitriles is 1. The van der Waals surface area contributed by atoms with Crippen molar-refractivity contribution in [2.75, 3.05) is 0 Å². The molecule has 4 aliphatic carbocycles. The van der Waals surface area contributed by atoms with Gasteiger partial charge in [-0.2, -0.15) is 5.26 Å². The second kappa shape index (κ2) is 11.5. The van der Waals surface area contributed by atoms with E-state index in [9.17, 15) is 5.26 Å². The highest BCUT2D eigenvalue weighted by Crippen LogP contribution is 2.60. The van der Waals surface area contributed by atoms with Gasteiger partial charge in [0.1, 0.15) is 0 Å². The van der Waals surface area contributed by atoms with Crippen LogP contribution in [0.3, 0.4) is 0 Å². The summed E-state index contributed by atoms with van der Waals surface area (Å²) in [5.41, 5.74) is 7.55. The number of benzene rings is 6. The highest BCUT2D eigenvalue weighted by molar-refractivity contribution is 6.15. The summed E-state index contributed by atoms with van der Waals surface area (Å²) < 4.78 is 0. The lowest BCUT2D eigenvalue weighted by Gasteiger charge is -2.57. The normalized spacial score (nSPS) is 22.2. The first-order chi connectivity index (χ1) is 24.6. The van der Waals surface area contributed by atoms with E-state index in [-0.39, 0.29) is 0 Å². The van der Waals surface area contributed by atoms with E-state index in [0.717, 1.165) is 67.1 Å². The van der Waals surface area contributed by atoms with Crippen LogP contribution >= 0.6 is 0 Å². The molecule has 4 fully saturated rings. The van der Waals surface area contributed by atoms with Gasteiger partial charge < -0.3 is 0 Å². The highest BCUT2D eigenvalue weighted by Gasteiger charge is 2.51. The van der Waals surface area contributed by atoms with Crippen molar-refractivity contribution in [3.05, 3.63) is 139 Å². The first-order valence-corrected chi connectivity index (χ1v) is 18.0. The van der Waals surface area contributed by atoms with E-state index in [1.807, 2.05) is 30.3 Å². The lowest BCUT2D eigenvalue weighted by Crippen LogP contribution is -2.48. The van der Waals surface area contributed by atoms with Crippen LogP contribution in [-0.2, 0) is 5.41 Å². The summed E-state index contributed by atoms with van der Waals surface area (Å²) in [5, 5.41) is 14.1. The van der Waals surface area contributed by atoms with Crippen LogP contribution in [-0.4, -0.2) is 15.0 Å². The zero-order valence-electron chi connectivity index (χ0n) is 27.9. The molecule has 0 saturated heterocycles. The summed E-state index contributed by atoms with van der Waals surface area (Å²) in [6, 6.07) is 46.9. The van der Waals surface area contributed by atoms with Crippen molar-refractivity contribution in [1.29, 1.82) is 5.26 Å². The topological polar surface area (TPSA) is 62.5 Å². The molecule has 4 nitrogen and oxygen atoms in total. The van der Waals surface area contributed by atoms with Crippen LogP contribution in [0.25, 0.3) is 66.8 Å². The Balaban J connectivity index is 1.15. The SMILES string of the molecule is N#Cc1cccc2c(-c3nc(-c4ccc(C56CC7C[C@H](C5)C[C@@H](C7)C6)cc4)nc(-c4cccc(-c5ccccc5)c4)n3)cc3ccccc3c12. The van der Waals surface area contributed by atoms with Gasteiger partial charge in [0.2, 0.25) is 0 Å². The molecule has 4 saturated carbocycles. The van der Waals surface area contributed by atoms with Crippen molar-refractivity contribution < 1.29 is 0 Å². The van der Waals surface area contributed by atoms with Crippen LogP contribution in [0.15, 0.2) is 127 Å². The Bertz CT molecular complexity index is 2440. The fourth-order valence-corrected chi connectivity index (χ4v) is 10.1. The van der Waals surface area contributed by atoms with Gasteiger partial charge in [-0.25, -0.2) is 15.0 Å². The quantitative estimate of drug-likeness (QED) is 0.175. The molecule has 0 spiro atoms. The Kier molecular flexibility index (Phi) is 6.71. The van der Waals surface area contributed by atoms with E-state index in [4.69, 9.17) is 15.0 Å². The van der Waals surface area contributed by atoms with Gasteiger partial charge in [-0.3, -0.25) is 0 Å². The maximum atomic E-state index is 10.2. The summed E-state index contributed by atoms with van der Waals surface area (Å²) in [4.78, 5) is 15.6. The molecule has 240 valence electrons. The van der Waals surface area contributed by atoms with Crippen molar-refractivity contribution in [3.63, 3.8) is 0 Å². The number of nitrogens with zero attached hydrogens (tertiary/aromatic N) is 4. The molecular formula is C46H36N4. The highest BCUT2D eigenvalue weighted by atomic mass is 15.0. The van der Waals surface area contributed by atoms with Crippen LogP contribution in [0.5, 0.6) is 0 Å². The summed E-state index contributed by atoms with van der Waals surface area (Å²) in [5.74, 6) is 4.60. The summed E-state index contributed by atoms with van der Waals surface area (Å²) in [7, 11) is 0. The molecule has 11 rings (SSSR count). The lowest BCUT2D eigenvalue weighted by molar-refractivity contribution is -0.00518. The molecule has 0 radical (unpaired) electrons. The Labute approximate surface area is 292 Å². The number of fused-ring (bicyclic) bond motifs is 3. The van der Waals surface area contributed by atoms with Crippen molar-refractivity contribution in [3.8, 4) is 51.4 Å². The van der Waals surface area contributed by atoms with Gasteiger partial charge >= 0.3 is 0 Å². The summed E-state index contributed by atoms with van der Waals surface area (Å²) in [6.45, 7) is 0. The molecule has 0 aliphatic heterocycles. The Morgan fingerprint density at radius 3 is 1.86 bits per heavy atom. The van der Waals surface area contributed by atoms with Crippen molar-refractivity contribution in [2.24, 2.45) is 17.8 Å². The van der Waals surface area contributed by atoms with Crippen LogP contribution in [0, 0.1) is 29.1 Å². The van der Waals surface area contributed by atoms with E-state index in [1.54, 1.807) is 0 Å². The molecule has 0 atom stereocenters. The molecule has 0 amide bonds. The third-order valence-corrected chi connectivity index (χ3v) is 11.9. The summed E-state index contributed by atoms with van der Waals surface area (Å²) in [6.07, 6.45) is 8.36. The van der Waals surface area contributed by atoms with E-state index >= 15 is 0 Å². The molecule has 50 heavy (non-hydrogen) atoms. The van der Waals surface area contributed by atoms with Gasteiger partial charge in [0.25, 0.3) is 0 Å². The molecule has 1 heterocycles. The van der Waals surface area contributed by atoms with Crippen molar-refractivity contribution in [2.45, 2.75) is 43.9 Å². The Morgan fingerprint density at radius 1 is 0.520 bits per heavy atom. The first kappa shape index (κ1) is 29.3. The van der Waals surface area contributed by atoms with E-state index < -0.39 is 0 Å². The number of hydrogen-bond acceptors (Lipinski definition) is 4. The van der Waals surface area contributed by atoms with Gasteiger partial charge in [-0.15, -0.1) is 0 Å².